The molecule has 0 saturated carbocycles. The van der Waals surface area contributed by atoms with Crippen molar-refractivity contribution in [3.63, 3.8) is 0 Å². The van der Waals surface area contributed by atoms with Crippen molar-refractivity contribution in [3.8, 4) is 45.0 Å². The van der Waals surface area contributed by atoms with Crippen molar-refractivity contribution in [1.29, 1.82) is 0 Å². The topological polar surface area (TPSA) is 34.1 Å². The first-order chi connectivity index (χ1) is 19.1. The SMILES string of the molecule is CC(C)(C)c1cc(-c2cc(-c3cccc4c3Nc3ccccc3O4)cc(C(C)(C)C)c2)cc(-c2ccccn2)c1. The van der Waals surface area contributed by atoms with Gasteiger partial charge in [0.1, 0.15) is 0 Å². The number of nitrogens with zero attached hydrogens (tertiary/aromatic N) is 1. The largest absolute Gasteiger partial charge is 0.453 e. The third kappa shape index (κ3) is 5.00. The fourth-order valence-corrected chi connectivity index (χ4v) is 5.19. The summed E-state index contributed by atoms with van der Waals surface area (Å²) in [5.41, 5.74) is 11.3. The Morgan fingerprint density at radius 3 is 1.85 bits per heavy atom. The number of anilines is 2. The molecule has 200 valence electrons. The Balaban J connectivity index is 1.55. The zero-order valence-electron chi connectivity index (χ0n) is 24.2. The van der Waals surface area contributed by atoms with E-state index < -0.39 is 0 Å². The molecule has 0 unspecified atom stereocenters. The Hall–Kier alpha value is -4.37. The second-order valence-electron chi connectivity index (χ2n) is 12.7. The van der Waals surface area contributed by atoms with Gasteiger partial charge in [-0.3, -0.25) is 4.98 Å². The second-order valence-corrected chi connectivity index (χ2v) is 12.7. The van der Waals surface area contributed by atoms with Gasteiger partial charge in [-0.05, 0) is 87.2 Å². The average molecular weight is 525 g/mol. The highest BCUT2D eigenvalue weighted by Crippen LogP contribution is 2.47. The Morgan fingerprint density at radius 1 is 0.575 bits per heavy atom. The Morgan fingerprint density at radius 2 is 1.18 bits per heavy atom. The minimum atomic E-state index is -0.0262. The van der Waals surface area contributed by atoms with Crippen LogP contribution in [0.15, 0.2) is 103 Å². The standard InChI is InChI=1S/C37H36N2O/c1-36(2,3)28-20-24(25-19-27(31-13-9-10-17-38-31)23-29(21-25)37(4,5)6)18-26(22-28)30-12-11-16-34-35(30)39-32-14-7-8-15-33(32)40-34/h7-23,39H,1-6H3. The molecule has 3 heteroatoms. The molecule has 5 aromatic rings. The highest BCUT2D eigenvalue weighted by molar-refractivity contribution is 5.90. The number of benzene rings is 4. The summed E-state index contributed by atoms with van der Waals surface area (Å²) in [7, 11) is 0. The first-order valence-electron chi connectivity index (χ1n) is 14.0. The van der Waals surface area contributed by atoms with Crippen molar-refractivity contribution in [1.82, 2.24) is 4.98 Å². The Bertz CT molecular complexity index is 1710. The van der Waals surface area contributed by atoms with E-state index in [-0.39, 0.29) is 10.8 Å². The van der Waals surface area contributed by atoms with Crippen LogP contribution >= 0.6 is 0 Å². The molecule has 0 bridgehead atoms. The molecule has 0 aliphatic carbocycles. The lowest BCUT2D eigenvalue weighted by Gasteiger charge is -2.26. The van der Waals surface area contributed by atoms with Crippen molar-refractivity contribution < 1.29 is 4.74 Å². The highest BCUT2D eigenvalue weighted by Gasteiger charge is 2.23. The summed E-state index contributed by atoms with van der Waals surface area (Å²) in [5, 5.41) is 3.65. The second kappa shape index (κ2) is 9.67. The van der Waals surface area contributed by atoms with E-state index in [1.54, 1.807) is 0 Å². The zero-order valence-corrected chi connectivity index (χ0v) is 24.2. The van der Waals surface area contributed by atoms with Crippen molar-refractivity contribution in [2.24, 2.45) is 0 Å². The number of aromatic nitrogens is 1. The van der Waals surface area contributed by atoms with Gasteiger partial charge in [-0.15, -0.1) is 0 Å². The lowest BCUT2D eigenvalue weighted by molar-refractivity contribution is 0.481. The number of ether oxygens (including phenoxy) is 1. The van der Waals surface area contributed by atoms with Crippen LogP contribution in [0.5, 0.6) is 11.5 Å². The molecule has 1 aliphatic rings. The maximum absolute atomic E-state index is 6.30. The van der Waals surface area contributed by atoms with Crippen molar-refractivity contribution in [2.75, 3.05) is 5.32 Å². The fourth-order valence-electron chi connectivity index (χ4n) is 5.19. The molecule has 1 aliphatic heterocycles. The van der Waals surface area contributed by atoms with Crippen LogP contribution in [0.4, 0.5) is 11.4 Å². The monoisotopic (exact) mass is 524 g/mol. The molecular weight excluding hydrogens is 488 g/mol. The van der Waals surface area contributed by atoms with Gasteiger partial charge >= 0.3 is 0 Å². The molecule has 0 fully saturated rings. The van der Waals surface area contributed by atoms with Crippen molar-refractivity contribution in [2.45, 2.75) is 52.4 Å². The van der Waals surface area contributed by atoms with E-state index in [9.17, 15) is 0 Å². The summed E-state index contributed by atoms with van der Waals surface area (Å²) in [4.78, 5) is 4.67. The average Bonchev–Trinajstić information content (AvgIpc) is 2.95. The predicted octanol–water partition coefficient (Wildman–Crippen LogP) is 10.5. The molecule has 40 heavy (non-hydrogen) atoms. The summed E-state index contributed by atoms with van der Waals surface area (Å²) in [6.07, 6.45) is 1.86. The number of fused-ring (bicyclic) bond motifs is 2. The van der Waals surface area contributed by atoms with E-state index in [1.807, 2.05) is 36.5 Å². The van der Waals surface area contributed by atoms with Crippen LogP contribution in [0.25, 0.3) is 33.5 Å². The smallest absolute Gasteiger partial charge is 0.151 e. The van der Waals surface area contributed by atoms with E-state index in [0.29, 0.717) is 0 Å². The van der Waals surface area contributed by atoms with E-state index in [2.05, 4.69) is 119 Å². The molecular formula is C37H36N2O. The van der Waals surface area contributed by atoms with Crippen LogP contribution in [0.2, 0.25) is 0 Å². The van der Waals surface area contributed by atoms with Gasteiger partial charge in [0.15, 0.2) is 11.5 Å². The summed E-state index contributed by atoms with van der Waals surface area (Å²) in [5.74, 6) is 1.68. The zero-order chi connectivity index (χ0) is 28.1. The number of hydrogen-bond acceptors (Lipinski definition) is 3. The molecule has 0 radical (unpaired) electrons. The molecule has 4 aromatic carbocycles. The predicted molar refractivity (Wildman–Crippen MR) is 168 cm³/mol. The van der Waals surface area contributed by atoms with Gasteiger partial charge in [-0.2, -0.15) is 0 Å². The maximum Gasteiger partial charge on any atom is 0.151 e. The summed E-state index contributed by atoms with van der Waals surface area (Å²) in [6.45, 7) is 13.6. The normalized spacial score (nSPS) is 12.7. The lowest BCUT2D eigenvalue weighted by atomic mass is 9.81. The third-order valence-electron chi connectivity index (χ3n) is 7.60. The molecule has 1 aromatic heterocycles. The van der Waals surface area contributed by atoms with Gasteiger partial charge < -0.3 is 10.1 Å². The van der Waals surface area contributed by atoms with Gasteiger partial charge in [0.25, 0.3) is 0 Å². The van der Waals surface area contributed by atoms with Crippen LogP contribution < -0.4 is 10.1 Å². The molecule has 0 amide bonds. The van der Waals surface area contributed by atoms with Crippen LogP contribution in [0, 0.1) is 0 Å². The fraction of sp³-hybridized carbons (Fsp3) is 0.216. The number of hydrogen-bond donors (Lipinski definition) is 1. The van der Waals surface area contributed by atoms with Gasteiger partial charge in [0.05, 0.1) is 17.1 Å². The van der Waals surface area contributed by atoms with Crippen LogP contribution in [-0.2, 0) is 10.8 Å². The first-order valence-corrected chi connectivity index (χ1v) is 14.0. The minimum absolute atomic E-state index is 0.00282. The first kappa shape index (κ1) is 25.9. The number of para-hydroxylation sites is 3. The summed E-state index contributed by atoms with van der Waals surface area (Å²) >= 11 is 0. The van der Waals surface area contributed by atoms with Crippen LogP contribution in [0.3, 0.4) is 0 Å². The maximum atomic E-state index is 6.30. The lowest BCUT2D eigenvalue weighted by Crippen LogP contribution is -2.12. The minimum Gasteiger partial charge on any atom is -0.453 e. The molecule has 0 atom stereocenters. The molecule has 0 spiro atoms. The Kier molecular flexibility index (Phi) is 6.26. The molecule has 6 rings (SSSR count). The third-order valence-corrected chi connectivity index (χ3v) is 7.60. The number of nitrogens with one attached hydrogen (secondary N) is 1. The van der Waals surface area contributed by atoms with E-state index in [0.717, 1.165) is 45.3 Å². The number of rotatable bonds is 3. The van der Waals surface area contributed by atoms with Gasteiger partial charge in [0.2, 0.25) is 0 Å². The van der Waals surface area contributed by atoms with E-state index in [4.69, 9.17) is 4.74 Å². The van der Waals surface area contributed by atoms with Crippen molar-refractivity contribution >= 4 is 11.4 Å². The molecule has 2 heterocycles. The Labute approximate surface area is 237 Å². The van der Waals surface area contributed by atoms with E-state index in [1.165, 1.54) is 22.3 Å². The number of pyridine rings is 1. The molecule has 1 N–H and O–H groups in total. The molecule has 3 nitrogen and oxygen atoms in total. The highest BCUT2D eigenvalue weighted by atomic mass is 16.5. The van der Waals surface area contributed by atoms with Gasteiger partial charge in [-0.25, -0.2) is 0 Å². The summed E-state index contributed by atoms with van der Waals surface area (Å²) < 4.78 is 6.30. The van der Waals surface area contributed by atoms with Gasteiger partial charge in [0, 0.05) is 17.3 Å². The molecule has 0 saturated heterocycles. The van der Waals surface area contributed by atoms with E-state index >= 15 is 0 Å². The van der Waals surface area contributed by atoms with Gasteiger partial charge in [-0.1, -0.05) is 90.1 Å². The van der Waals surface area contributed by atoms with Crippen LogP contribution in [0.1, 0.15) is 52.7 Å². The quantitative estimate of drug-likeness (QED) is 0.250. The summed E-state index contributed by atoms with van der Waals surface area (Å²) in [6, 6.07) is 34.4. The van der Waals surface area contributed by atoms with Crippen molar-refractivity contribution in [3.05, 3.63) is 114 Å². The van der Waals surface area contributed by atoms with Crippen LogP contribution in [-0.4, -0.2) is 4.98 Å².